The molecule has 0 unspecified atom stereocenters. The van der Waals surface area contributed by atoms with Crippen molar-refractivity contribution in [1.82, 2.24) is 4.90 Å². The first-order valence-electron chi connectivity index (χ1n) is 8.36. The zero-order valence-electron chi connectivity index (χ0n) is 14.7. The number of carbonyl (C=O) groups excluding carboxylic acids is 1. The molecule has 0 radical (unpaired) electrons. The molecule has 0 atom stereocenters. The van der Waals surface area contributed by atoms with Gasteiger partial charge >= 0.3 is 0 Å². The third kappa shape index (κ3) is 5.25. The zero-order chi connectivity index (χ0) is 19.2. The molecule has 1 saturated heterocycles. The molecule has 7 heteroatoms. The van der Waals surface area contributed by atoms with E-state index < -0.39 is 0 Å². The molecule has 1 amide bonds. The first kappa shape index (κ1) is 19.7. The number of thioether (sulfide) groups is 1. The number of halogens is 1. The van der Waals surface area contributed by atoms with E-state index in [1.165, 1.54) is 16.7 Å². The Morgan fingerprint density at radius 3 is 2.67 bits per heavy atom. The van der Waals surface area contributed by atoms with Crippen molar-refractivity contribution in [2.75, 3.05) is 20.3 Å². The minimum absolute atomic E-state index is 0.0759. The Kier molecular flexibility index (Phi) is 6.77. The molecular weight excluding hydrogens is 402 g/mol. The molecule has 0 spiro atoms. The van der Waals surface area contributed by atoms with Crippen molar-refractivity contribution in [3.63, 3.8) is 0 Å². The van der Waals surface area contributed by atoms with Crippen LogP contribution >= 0.6 is 35.6 Å². The molecule has 1 aliphatic heterocycles. The lowest BCUT2D eigenvalue weighted by Gasteiger charge is -2.09. The Balaban J connectivity index is 1.50. The molecule has 0 saturated carbocycles. The van der Waals surface area contributed by atoms with E-state index in [1.807, 2.05) is 48.5 Å². The lowest BCUT2D eigenvalue weighted by molar-refractivity contribution is -0.121. The summed E-state index contributed by atoms with van der Waals surface area (Å²) in [6.07, 6.45) is 2.56. The monoisotopic (exact) mass is 419 g/mol. The van der Waals surface area contributed by atoms with Crippen molar-refractivity contribution in [1.29, 1.82) is 0 Å². The number of ether oxygens (including phenoxy) is 2. The summed E-state index contributed by atoms with van der Waals surface area (Å²) in [6, 6.07) is 15.0. The van der Waals surface area contributed by atoms with Gasteiger partial charge in [0, 0.05) is 13.5 Å². The number of rotatable bonds is 7. The fraction of sp³-hybridized carbons (Fsp3) is 0.200. The van der Waals surface area contributed by atoms with E-state index in [-0.39, 0.29) is 5.91 Å². The smallest absolute Gasteiger partial charge is 0.265 e. The first-order valence-corrected chi connectivity index (χ1v) is 9.96. The van der Waals surface area contributed by atoms with E-state index in [9.17, 15) is 4.79 Å². The predicted octanol–water partition coefficient (Wildman–Crippen LogP) is 5.02. The van der Waals surface area contributed by atoms with Crippen LogP contribution in [0, 0.1) is 0 Å². The molecule has 2 aromatic rings. The minimum Gasteiger partial charge on any atom is -0.493 e. The quantitative estimate of drug-likeness (QED) is 0.358. The van der Waals surface area contributed by atoms with Gasteiger partial charge in [-0.25, -0.2) is 0 Å². The number of amides is 1. The summed E-state index contributed by atoms with van der Waals surface area (Å²) in [7, 11) is 1.68. The molecule has 0 N–H and O–H groups in total. The SMILES string of the molecule is CN1C(=O)C(=Cc2cccc(OCCCOc3ccccc3Cl)c2)SC1=S. The average Bonchev–Trinajstić information content (AvgIpc) is 2.90. The van der Waals surface area contributed by atoms with Crippen molar-refractivity contribution in [2.45, 2.75) is 6.42 Å². The molecule has 2 aromatic carbocycles. The van der Waals surface area contributed by atoms with Crippen molar-refractivity contribution in [3.8, 4) is 11.5 Å². The number of hydrogen-bond acceptors (Lipinski definition) is 5. The topological polar surface area (TPSA) is 38.8 Å². The standard InChI is InChI=1S/C20H18ClNO3S2/c1-22-19(23)18(27-20(22)26)13-14-6-4-7-15(12-14)24-10-5-11-25-17-9-3-2-8-16(17)21/h2-4,6-9,12-13H,5,10-11H2,1H3. The highest BCUT2D eigenvalue weighted by molar-refractivity contribution is 8.26. The van der Waals surface area contributed by atoms with Gasteiger partial charge in [-0.05, 0) is 35.9 Å². The molecule has 1 fully saturated rings. The summed E-state index contributed by atoms with van der Waals surface area (Å²) < 4.78 is 12.0. The molecular formula is C20H18ClNO3S2. The highest BCUT2D eigenvalue weighted by atomic mass is 35.5. The van der Waals surface area contributed by atoms with E-state index in [0.717, 1.165) is 17.7 Å². The lowest BCUT2D eigenvalue weighted by Crippen LogP contribution is -2.22. The molecule has 1 heterocycles. The van der Waals surface area contributed by atoms with Crippen LogP contribution in [-0.2, 0) is 4.79 Å². The summed E-state index contributed by atoms with van der Waals surface area (Å²) in [5, 5.41) is 0.601. The van der Waals surface area contributed by atoms with Crippen LogP contribution < -0.4 is 9.47 Å². The molecule has 0 aromatic heterocycles. The number of para-hydroxylation sites is 1. The third-order valence-corrected chi connectivity index (χ3v) is 5.59. The average molecular weight is 420 g/mol. The van der Waals surface area contributed by atoms with Gasteiger partial charge in [-0.15, -0.1) is 0 Å². The summed E-state index contributed by atoms with van der Waals surface area (Å²) in [5.74, 6) is 1.34. The Bertz CT molecular complexity index is 885. The van der Waals surface area contributed by atoms with Crippen LogP contribution in [0.1, 0.15) is 12.0 Å². The van der Waals surface area contributed by atoms with Gasteiger partial charge in [0.15, 0.2) is 0 Å². The maximum absolute atomic E-state index is 12.1. The maximum atomic E-state index is 12.1. The number of carbonyl (C=O) groups is 1. The van der Waals surface area contributed by atoms with Crippen LogP contribution in [0.4, 0.5) is 0 Å². The Hall–Kier alpha value is -2.02. The van der Waals surface area contributed by atoms with Crippen molar-refractivity contribution in [3.05, 3.63) is 64.0 Å². The predicted molar refractivity (Wildman–Crippen MR) is 114 cm³/mol. The minimum atomic E-state index is -0.0759. The second kappa shape index (κ2) is 9.26. The van der Waals surface area contributed by atoms with E-state index >= 15 is 0 Å². The summed E-state index contributed by atoms with van der Waals surface area (Å²) in [5.41, 5.74) is 0.897. The second-order valence-electron chi connectivity index (χ2n) is 5.79. The number of thiocarbonyl (C=S) groups is 1. The van der Waals surface area contributed by atoms with Crippen molar-refractivity contribution < 1.29 is 14.3 Å². The summed E-state index contributed by atoms with van der Waals surface area (Å²) in [4.78, 5) is 14.2. The van der Waals surface area contributed by atoms with Crippen LogP contribution in [0.2, 0.25) is 5.02 Å². The largest absolute Gasteiger partial charge is 0.493 e. The van der Waals surface area contributed by atoms with E-state index in [4.69, 9.17) is 33.3 Å². The Labute approximate surface area is 173 Å². The van der Waals surface area contributed by atoms with Crippen LogP contribution in [0.15, 0.2) is 53.4 Å². The molecule has 3 rings (SSSR count). The Morgan fingerprint density at radius 2 is 1.93 bits per heavy atom. The van der Waals surface area contributed by atoms with E-state index in [1.54, 1.807) is 13.1 Å². The van der Waals surface area contributed by atoms with Gasteiger partial charge in [0.1, 0.15) is 15.8 Å². The van der Waals surface area contributed by atoms with Crippen LogP contribution in [0.5, 0.6) is 11.5 Å². The summed E-state index contributed by atoms with van der Waals surface area (Å²) in [6.45, 7) is 1.04. The van der Waals surface area contributed by atoms with Gasteiger partial charge in [0.05, 0.1) is 23.1 Å². The second-order valence-corrected chi connectivity index (χ2v) is 7.88. The molecule has 27 heavy (non-hydrogen) atoms. The van der Waals surface area contributed by atoms with Gasteiger partial charge in [-0.2, -0.15) is 0 Å². The zero-order valence-corrected chi connectivity index (χ0v) is 17.1. The van der Waals surface area contributed by atoms with E-state index in [2.05, 4.69) is 0 Å². The van der Waals surface area contributed by atoms with Gasteiger partial charge < -0.3 is 9.47 Å². The number of hydrogen-bond donors (Lipinski definition) is 0. The maximum Gasteiger partial charge on any atom is 0.265 e. The molecule has 0 aliphatic carbocycles. The van der Waals surface area contributed by atoms with Crippen LogP contribution in [-0.4, -0.2) is 35.4 Å². The first-order chi connectivity index (χ1) is 13.0. The fourth-order valence-corrected chi connectivity index (χ4v) is 3.75. The van der Waals surface area contributed by atoms with Crippen molar-refractivity contribution >= 4 is 51.9 Å². The molecule has 4 nitrogen and oxygen atoms in total. The number of likely N-dealkylation sites (N-methyl/N-ethyl adjacent to an activating group) is 1. The number of benzene rings is 2. The van der Waals surface area contributed by atoms with Crippen molar-refractivity contribution in [2.24, 2.45) is 0 Å². The Morgan fingerprint density at radius 1 is 1.15 bits per heavy atom. The van der Waals surface area contributed by atoms with Gasteiger partial charge in [-0.1, -0.05) is 59.8 Å². The fourth-order valence-electron chi connectivity index (χ4n) is 2.38. The van der Waals surface area contributed by atoms with Gasteiger partial charge in [0.25, 0.3) is 5.91 Å². The van der Waals surface area contributed by atoms with E-state index in [0.29, 0.717) is 33.2 Å². The van der Waals surface area contributed by atoms with Gasteiger partial charge in [-0.3, -0.25) is 9.69 Å². The van der Waals surface area contributed by atoms with Crippen LogP contribution in [0.25, 0.3) is 6.08 Å². The highest BCUT2D eigenvalue weighted by Gasteiger charge is 2.28. The highest BCUT2D eigenvalue weighted by Crippen LogP contribution is 2.31. The summed E-state index contributed by atoms with van der Waals surface area (Å²) >= 11 is 12.5. The van der Waals surface area contributed by atoms with Crippen LogP contribution in [0.3, 0.4) is 0 Å². The normalized spacial score (nSPS) is 15.5. The lowest BCUT2D eigenvalue weighted by atomic mass is 10.2. The third-order valence-electron chi connectivity index (χ3n) is 3.79. The molecule has 0 bridgehead atoms. The molecule has 140 valence electrons. The molecule has 1 aliphatic rings. The number of nitrogens with zero attached hydrogens (tertiary/aromatic N) is 1. The van der Waals surface area contributed by atoms with Gasteiger partial charge in [0.2, 0.25) is 0 Å².